The second-order valence-electron chi connectivity index (χ2n) is 4.75. The van der Waals surface area contributed by atoms with Gasteiger partial charge < -0.3 is 5.32 Å². The molecule has 3 rings (SSSR count). The third kappa shape index (κ3) is 3.13. The zero-order valence-corrected chi connectivity index (χ0v) is 12.2. The normalized spacial score (nSPS) is 23.6. The predicted octanol–water partition coefficient (Wildman–Crippen LogP) is 2.14. The van der Waals surface area contributed by atoms with E-state index < -0.39 is 10.8 Å². The van der Waals surface area contributed by atoms with Crippen LogP contribution in [0.1, 0.15) is 18.4 Å². The van der Waals surface area contributed by atoms with Crippen LogP contribution < -0.4 is 5.32 Å². The van der Waals surface area contributed by atoms with Crippen LogP contribution in [0.4, 0.5) is 0 Å². The van der Waals surface area contributed by atoms with Gasteiger partial charge in [0.15, 0.2) is 0 Å². The van der Waals surface area contributed by atoms with E-state index in [0.717, 1.165) is 36.6 Å². The lowest BCUT2D eigenvalue weighted by atomic mass is 10.1. The summed E-state index contributed by atoms with van der Waals surface area (Å²) in [4.78, 5) is 1.22. The van der Waals surface area contributed by atoms with Crippen molar-refractivity contribution in [2.24, 2.45) is 0 Å². The van der Waals surface area contributed by atoms with Gasteiger partial charge in [-0.3, -0.25) is 9.31 Å². The fourth-order valence-corrected chi connectivity index (χ4v) is 4.39. The fourth-order valence-electron chi connectivity index (χ4n) is 2.33. The van der Waals surface area contributed by atoms with Gasteiger partial charge in [0.25, 0.3) is 0 Å². The number of aromatic nitrogens is 2. The lowest BCUT2D eigenvalue weighted by Gasteiger charge is -2.22. The first-order chi connectivity index (χ1) is 9.33. The maximum atomic E-state index is 11.3. The van der Waals surface area contributed by atoms with Crippen LogP contribution in [0.3, 0.4) is 0 Å². The van der Waals surface area contributed by atoms with Gasteiger partial charge in [-0.2, -0.15) is 5.10 Å². The molecule has 1 aliphatic heterocycles. The lowest BCUT2D eigenvalue weighted by Crippen LogP contribution is -2.35. The van der Waals surface area contributed by atoms with Crippen molar-refractivity contribution in [3.8, 4) is 10.6 Å². The number of thiophene rings is 1. The van der Waals surface area contributed by atoms with Crippen molar-refractivity contribution >= 4 is 22.1 Å². The number of nitrogens with zero attached hydrogens (tertiary/aromatic N) is 1. The van der Waals surface area contributed by atoms with E-state index in [1.165, 1.54) is 10.4 Å². The summed E-state index contributed by atoms with van der Waals surface area (Å²) in [5, 5.41) is 12.9. The van der Waals surface area contributed by atoms with Crippen LogP contribution in [-0.4, -0.2) is 32.0 Å². The van der Waals surface area contributed by atoms with Crippen molar-refractivity contribution in [2.75, 3.05) is 11.5 Å². The number of aromatic amines is 1. The summed E-state index contributed by atoms with van der Waals surface area (Å²) in [7, 11) is -0.587. The van der Waals surface area contributed by atoms with Crippen molar-refractivity contribution in [1.29, 1.82) is 0 Å². The minimum absolute atomic E-state index is 0.490. The first kappa shape index (κ1) is 13.0. The second-order valence-corrected chi connectivity index (χ2v) is 7.39. The van der Waals surface area contributed by atoms with Gasteiger partial charge in [-0.05, 0) is 24.3 Å². The lowest BCUT2D eigenvalue weighted by molar-refractivity contribution is 0.475. The Kier molecular flexibility index (Phi) is 4.10. The highest BCUT2D eigenvalue weighted by molar-refractivity contribution is 7.85. The zero-order valence-electron chi connectivity index (χ0n) is 10.6. The van der Waals surface area contributed by atoms with E-state index in [0.29, 0.717) is 6.04 Å². The van der Waals surface area contributed by atoms with E-state index in [-0.39, 0.29) is 0 Å². The number of hydrogen-bond donors (Lipinski definition) is 2. The molecule has 2 aromatic rings. The van der Waals surface area contributed by atoms with E-state index in [1.54, 1.807) is 11.3 Å². The molecule has 0 spiro atoms. The van der Waals surface area contributed by atoms with Gasteiger partial charge in [0.2, 0.25) is 0 Å². The van der Waals surface area contributed by atoms with E-state index in [9.17, 15) is 4.21 Å². The molecule has 0 saturated carbocycles. The molecule has 0 bridgehead atoms. The third-order valence-electron chi connectivity index (χ3n) is 3.45. The Morgan fingerprint density at radius 2 is 2.32 bits per heavy atom. The van der Waals surface area contributed by atoms with Gasteiger partial charge in [-0.25, -0.2) is 0 Å². The van der Waals surface area contributed by atoms with Crippen LogP contribution in [0.15, 0.2) is 23.7 Å². The van der Waals surface area contributed by atoms with E-state index >= 15 is 0 Å². The van der Waals surface area contributed by atoms with E-state index in [4.69, 9.17) is 0 Å². The third-order valence-corrected chi connectivity index (χ3v) is 5.72. The van der Waals surface area contributed by atoms with Gasteiger partial charge in [0, 0.05) is 40.5 Å². The molecular weight excluding hydrogens is 278 g/mol. The number of rotatable bonds is 4. The molecule has 6 heteroatoms. The summed E-state index contributed by atoms with van der Waals surface area (Å²) >= 11 is 1.72. The summed E-state index contributed by atoms with van der Waals surface area (Å²) in [5.74, 6) is 1.67. The average molecular weight is 295 g/mol. The van der Waals surface area contributed by atoms with Crippen molar-refractivity contribution < 1.29 is 4.21 Å². The minimum atomic E-state index is -0.587. The number of nitrogens with one attached hydrogen (secondary N) is 2. The Balaban J connectivity index is 1.62. The van der Waals surface area contributed by atoms with Crippen molar-refractivity contribution in [3.63, 3.8) is 0 Å². The molecule has 0 amide bonds. The largest absolute Gasteiger partial charge is 0.310 e. The van der Waals surface area contributed by atoms with Crippen molar-refractivity contribution in [3.05, 3.63) is 29.3 Å². The highest BCUT2D eigenvalue weighted by Crippen LogP contribution is 2.25. The quantitative estimate of drug-likeness (QED) is 0.908. The van der Waals surface area contributed by atoms with Crippen LogP contribution in [0.25, 0.3) is 10.6 Å². The molecular formula is C13H17N3OS2. The van der Waals surface area contributed by atoms with Crippen LogP contribution >= 0.6 is 11.3 Å². The molecule has 0 aliphatic carbocycles. The van der Waals surface area contributed by atoms with Gasteiger partial charge in [-0.15, -0.1) is 11.3 Å². The van der Waals surface area contributed by atoms with E-state index in [1.807, 2.05) is 6.20 Å². The standard InChI is InChI=1S/C13H17N3OS2/c17-19-6-3-11(4-7-19)14-8-10-9-15-16-13(10)12-2-1-5-18-12/h1-2,5,9,11,14H,3-4,6-8H2,(H,15,16). The molecule has 19 heavy (non-hydrogen) atoms. The Hall–Kier alpha value is -0.980. The second kappa shape index (κ2) is 5.98. The molecule has 1 aliphatic rings. The Bertz CT molecular complexity index is 540. The smallest absolute Gasteiger partial charge is 0.0794 e. The molecule has 2 N–H and O–H groups in total. The zero-order chi connectivity index (χ0) is 13.1. The van der Waals surface area contributed by atoms with Crippen molar-refractivity contribution in [1.82, 2.24) is 15.5 Å². The van der Waals surface area contributed by atoms with Crippen LogP contribution in [0, 0.1) is 0 Å². The highest BCUT2D eigenvalue weighted by atomic mass is 32.2. The molecule has 0 radical (unpaired) electrons. The maximum absolute atomic E-state index is 11.3. The summed E-state index contributed by atoms with van der Waals surface area (Å²) in [5.41, 5.74) is 2.32. The number of H-pyrrole nitrogens is 1. The van der Waals surface area contributed by atoms with Gasteiger partial charge >= 0.3 is 0 Å². The van der Waals surface area contributed by atoms with Gasteiger partial charge in [-0.1, -0.05) is 6.07 Å². The molecule has 4 nitrogen and oxygen atoms in total. The summed E-state index contributed by atoms with van der Waals surface area (Å²) < 4.78 is 11.3. The molecule has 0 aromatic carbocycles. The summed E-state index contributed by atoms with van der Waals surface area (Å²) in [6, 6.07) is 4.64. The van der Waals surface area contributed by atoms with E-state index in [2.05, 4.69) is 33.0 Å². The topological polar surface area (TPSA) is 57.8 Å². The highest BCUT2D eigenvalue weighted by Gasteiger charge is 2.18. The minimum Gasteiger partial charge on any atom is -0.310 e. The van der Waals surface area contributed by atoms with Gasteiger partial charge in [0.05, 0.1) is 16.8 Å². The van der Waals surface area contributed by atoms with Crippen LogP contribution in [-0.2, 0) is 17.3 Å². The summed E-state index contributed by atoms with van der Waals surface area (Å²) in [6.07, 6.45) is 3.92. The van der Waals surface area contributed by atoms with Crippen LogP contribution in [0.2, 0.25) is 0 Å². The Morgan fingerprint density at radius 1 is 1.47 bits per heavy atom. The Morgan fingerprint density at radius 3 is 3.05 bits per heavy atom. The molecule has 1 fully saturated rings. The monoisotopic (exact) mass is 295 g/mol. The van der Waals surface area contributed by atoms with Crippen LogP contribution in [0.5, 0.6) is 0 Å². The summed E-state index contributed by atoms with van der Waals surface area (Å²) in [6.45, 7) is 0.820. The van der Waals surface area contributed by atoms with Crippen molar-refractivity contribution in [2.45, 2.75) is 25.4 Å². The molecule has 0 unspecified atom stereocenters. The average Bonchev–Trinajstić information content (AvgIpc) is 3.08. The van der Waals surface area contributed by atoms with Gasteiger partial charge in [0.1, 0.15) is 0 Å². The fraction of sp³-hybridized carbons (Fsp3) is 0.462. The molecule has 2 aromatic heterocycles. The predicted molar refractivity (Wildman–Crippen MR) is 79.6 cm³/mol. The maximum Gasteiger partial charge on any atom is 0.0794 e. The first-order valence-electron chi connectivity index (χ1n) is 6.47. The first-order valence-corrected chi connectivity index (χ1v) is 8.84. The molecule has 102 valence electrons. The molecule has 3 heterocycles. The SMILES string of the molecule is O=S1CCC(NCc2cn[nH]c2-c2cccs2)CC1. The number of hydrogen-bond acceptors (Lipinski definition) is 4. The Labute approximate surface area is 119 Å². The molecule has 1 saturated heterocycles. The molecule has 0 atom stereocenters.